The van der Waals surface area contributed by atoms with Crippen molar-refractivity contribution in [2.24, 2.45) is 17.3 Å². The van der Waals surface area contributed by atoms with Crippen LogP contribution in [0.4, 0.5) is 0 Å². The molecule has 4 atom stereocenters. The van der Waals surface area contributed by atoms with Crippen molar-refractivity contribution in [1.29, 1.82) is 0 Å². The summed E-state index contributed by atoms with van der Waals surface area (Å²) in [6.45, 7) is 5.71. The first-order valence-corrected chi connectivity index (χ1v) is 6.86. The topological polar surface area (TPSA) is 57.5 Å². The average molecular weight is 252 g/mol. The van der Waals surface area contributed by atoms with E-state index in [1.165, 1.54) is 5.57 Å². The summed E-state index contributed by atoms with van der Waals surface area (Å²) < 4.78 is 0. The van der Waals surface area contributed by atoms with Crippen molar-refractivity contribution in [3.05, 3.63) is 11.6 Å². The average Bonchev–Trinajstić information content (AvgIpc) is 2.73. The fourth-order valence-electron chi connectivity index (χ4n) is 3.87. The van der Waals surface area contributed by atoms with Crippen LogP contribution in [0.3, 0.4) is 0 Å². The van der Waals surface area contributed by atoms with Crippen LogP contribution in [-0.4, -0.2) is 28.2 Å². The Kier molecular flexibility index (Phi) is 3.41. The monoisotopic (exact) mass is 252 g/mol. The third-order valence-electron chi connectivity index (χ3n) is 5.36. The first-order valence-electron chi connectivity index (χ1n) is 6.86. The zero-order valence-electron chi connectivity index (χ0n) is 11.6. The van der Waals surface area contributed by atoms with E-state index in [2.05, 4.69) is 6.92 Å². The second kappa shape index (κ2) is 4.46. The molecule has 0 bridgehead atoms. The van der Waals surface area contributed by atoms with Gasteiger partial charge in [-0.25, -0.2) is 0 Å². The van der Waals surface area contributed by atoms with Gasteiger partial charge in [-0.05, 0) is 56.4 Å². The molecule has 3 nitrogen and oxygen atoms in total. The van der Waals surface area contributed by atoms with E-state index >= 15 is 0 Å². The van der Waals surface area contributed by atoms with E-state index in [0.29, 0.717) is 12.3 Å². The predicted octanol–water partition coefficient (Wildman–Crippen LogP) is 2.07. The van der Waals surface area contributed by atoms with Gasteiger partial charge >= 0.3 is 0 Å². The molecule has 2 N–H and O–H groups in total. The van der Waals surface area contributed by atoms with Crippen molar-refractivity contribution in [2.75, 3.05) is 6.61 Å². The van der Waals surface area contributed by atoms with Crippen LogP contribution in [0.1, 0.15) is 46.5 Å². The molecule has 1 fully saturated rings. The summed E-state index contributed by atoms with van der Waals surface area (Å²) in [5.41, 5.74) is 0.241. The number of hydrogen-bond acceptors (Lipinski definition) is 3. The van der Waals surface area contributed by atoms with Gasteiger partial charge in [0.15, 0.2) is 5.78 Å². The van der Waals surface area contributed by atoms with Gasteiger partial charge in [0.05, 0.1) is 12.2 Å². The maximum Gasteiger partial charge on any atom is 0.155 e. The van der Waals surface area contributed by atoms with E-state index in [1.54, 1.807) is 13.0 Å². The largest absolute Gasteiger partial charge is 0.393 e. The zero-order chi connectivity index (χ0) is 13.6. The lowest BCUT2D eigenvalue weighted by molar-refractivity contribution is -0.117. The van der Waals surface area contributed by atoms with Crippen LogP contribution in [-0.2, 0) is 4.79 Å². The molecule has 2 aliphatic rings. The van der Waals surface area contributed by atoms with E-state index in [-0.39, 0.29) is 23.7 Å². The molecule has 0 radical (unpaired) electrons. The van der Waals surface area contributed by atoms with Crippen LogP contribution in [0.2, 0.25) is 0 Å². The summed E-state index contributed by atoms with van der Waals surface area (Å²) in [6.07, 6.45) is 5.24. The first-order chi connectivity index (χ1) is 8.32. The Morgan fingerprint density at radius 1 is 1.56 bits per heavy atom. The minimum atomic E-state index is -0.995. The molecule has 2 aliphatic carbocycles. The van der Waals surface area contributed by atoms with Crippen LogP contribution in [0.15, 0.2) is 11.6 Å². The molecule has 2 unspecified atom stereocenters. The highest BCUT2D eigenvalue weighted by Crippen LogP contribution is 2.56. The molecule has 102 valence electrons. The highest BCUT2D eigenvalue weighted by atomic mass is 16.3. The van der Waals surface area contributed by atoms with Gasteiger partial charge in [-0.15, -0.1) is 0 Å². The molecular weight excluding hydrogens is 228 g/mol. The molecule has 18 heavy (non-hydrogen) atoms. The van der Waals surface area contributed by atoms with Gasteiger partial charge in [-0.1, -0.05) is 12.5 Å². The van der Waals surface area contributed by atoms with E-state index in [4.69, 9.17) is 0 Å². The highest BCUT2D eigenvalue weighted by molar-refractivity contribution is 5.91. The molecular formula is C15H24O3. The van der Waals surface area contributed by atoms with Gasteiger partial charge in [-0.2, -0.15) is 0 Å². The lowest BCUT2D eigenvalue weighted by atomic mass is 9.64. The fourth-order valence-corrected chi connectivity index (χ4v) is 3.87. The summed E-state index contributed by atoms with van der Waals surface area (Å²) in [4.78, 5) is 11.6. The normalized spacial score (nSPS) is 39.8. The zero-order valence-corrected chi connectivity index (χ0v) is 11.6. The van der Waals surface area contributed by atoms with Gasteiger partial charge in [0, 0.05) is 6.42 Å². The van der Waals surface area contributed by atoms with E-state index in [1.807, 2.05) is 6.92 Å². The highest BCUT2D eigenvalue weighted by Gasteiger charge is 2.50. The van der Waals surface area contributed by atoms with Crippen LogP contribution in [0, 0.1) is 17.3 Å². The fraction of sp³-hybridized carbons (Fsp3) is 0.800. The van der Waals surface area contributed by atoms with Crippen LogP contribution in [0.5, 0.6) is 0 Å². The Bertz CT molecular complexity index is 383. The Balaban J connectivity index is 2.25. The number of aliphatic hydroxyl groups excluding tert-OH is 1. The van der Waals surface area contributed by atoms with Gasteiger partial charge in [-0.3, -0.25) is 4.79 Å². The molecule has 1 saturated carbocycles. The molecule has 0 amide bonds. The number of rotatable bonds is 2. The summed E-state index contributed by atoms with van der Waals surface area (Å²) in [7, 11) is 0. The van der Waals surface area contributed by atoms with Gasteiger partial charge < -0.3 is 10.2 Å². The standard InChI is InChI=1S/C15H24O3/c1-10-6-13(17)7-11(2)15(10)5-4-12(8-15)14(3,18)9-16/h6,11-12,16,18H,4-5,7-9H2,1-3H3/t11-,12?,14?,15-/m1/s1. The van der Waals surface area contributed by atoms with Crippen LogP contribution in [0.25, 0.3) is 0 Å². The molecule has 0 saturated heterocycles. The number of carbonyl (C=O) groups is 1. The van der Waals surface area contributed by atoms with Crippen molar-refractivity contribution >= 4 is 5.78 Å². The minimum Gasteiger partial charge on any atom is -0.393 e. The molecule has 0 aromatic carbocycles. The van der Waals surface area contributed by atoms with Crippen molar-refractivity contribution in [3.8, 4) is 0 Å². The molecule has 2 rings (SSSR count). The molecule has 0 aliphatic heterocycles. The van der Waals surface area contributed by atoms with Gasteiger partial charge in [0.2, 0.25) is 0 Å². The first kappa shape index (κ1) is 13.8. The van der Waals surface area contributed by atoms with Crippen LogP contribution >= 0.6 is 0 Å². The molecule has 0 aromatic rings. The number of ketones is 1. The minimum absolute atomic E-state index is 0.0672. The molecule has 3 heteroatoms. The van der Waals surface area contributed by atoms with Crippen molar-refractivity contribution in [1.82, 2.24) is 0 Å². The quantitative estimate of drug-likeness (QED) is 0.791. The van der Waals surface area contributed by atoms with E-state index in [9.17, 15) is 15.0 Å². The number of hydrogen-bond donors (Lipinski definition) is 2. The Hall–Kier alpha value is -0.670. The Morgan fingerprint density at radius 3 is 2.78 bits per heavy atom. The van der Waals surface area contributed by atoms with Crippen molar-refractivity contribution in [2.45, 2.75) is 52.1 Å². The smallest absolute Gasteiger partial charge is 0.155 e. The third-order valence-corrected chi connectivity index (χ3v) is 5.36. The molecule has 0 heterocycles. The van der Waals surface area contributed by atoms with Gasteiger partial charge in [0.25, 0.3) is 0 Å². The maximum atomic E-state index is 11.6. The second-order valence-corrected chi connectivity index (χ2v) is 6.51. The number of carbonyl (C=O) groups excluding carboxylic acids is 1. The lowest BCUT2D eigenvalue weighted by Gasteiger charge is -2.40. The third kappa shape index (κ3) is 2.04. The van der Waals surface area contributed by atoms with Crippen LogP contribution < -0.4 is 0 Å². The SMILES string of the molecule is CC1=CC(=O)C[C@@H](C)[C@@]12CCC(C(C)(O)CO)C2. The predicted molar refractivity (Wildman–Crippen MR) is 70.0 cm³/mol. The van der Waals surface area contributed by atoms with E-state index in [0.717, 1.165) is 19.3 Å². The summed E-state index contributed by atoms with van der Waals surface area (Å²) in [5.74, 6) is 0.694. The molecule has 1 spiro atoms. The van der Waals surface area contributed by atoms with E-state index < -0.39 is 5.60 Å². The second-order valence-electron chi connectivity index (χ2n) is 6.51. The molecule has 0 aromatic heterocycles. The lowest BCUT2D eigenvalue weighted by Crippen LogP contribution is -2.39. The maximum absolute atomic E-state index is 11.6. The number of aliphatic hydroxyl groups is 2. The summed E-state index contributed by atoms with van der Waals surface area (Å²) in [6, 6.07) is 0. The van der Waals surface area contributed by atoms with Crippen molar-refractivity contribution in [3.63, 3.8) is 0 Å². The summed E-state index contributed by atoms with van der Waals surface area (Å²) in [5, 5.41) is 19.5. The van der Waals surface area contributed by atoms with Gasteiger partial charge in [0.1, 0.15) is 0 Å². The summed E-state index contributed by atoms with van der Waals surface area (Å²) >= 11 is 0. The number of allylic oxidation sites excluding steroid dienone is 2. The Labute approximate surface area is 109 Å². The Morgan fingerprint density at radius 2 is 2.22 bits per heavy atom. The van der Waals surface area contributed by atoms with Crippen molar-refractivity contribution < 1.29 is 15.0 Å².